The molecule has 1 aliphatic rings. The quantitative estimate of drug-likeness (QED) is 0.870. The van der Waals surface area contributed by atoms with Crippen LogP contribution in [0.15, 0.2) is 41.2 Å². The van der Waals surface area contributed by atoms with E-state index in [9.17, 15) is 0 Å². The Morgan fingerprint density at radius 3 is 2.89 bits per heavy atom. The van der Waals surface area contributed by atoms with E-state index in [4.69, 9.17) is 0 Å². The number of anilines is 1. The molecule has 0 unspecified atom stereocenters. The second-order valence-electron chi connectivity index (χ2n) is 4.10. The number of aromatic nitrogens is 1. The van der Waals surface area contributed by atoms with Crippen LogP contribution in [-0.4, -0.2) is 18.2 Å². The Hall–Kier alpha value is -2.16. The summed E-state index contributed by atoms with van der Waals surface area (Å²) in [5.41, 5.74) is 2.17. The van der Waals surface area contributed by atoms with Crippen molar-refractivity contribution < 1.29 is 0 Å². The third kappa shape index (κ3) is 2.56. The third-order valence-electron chi connectivity index (χ3n) is 2.92. The minimum absolute atomic E-state index is 0.858. The normalized spacial score (nSPS) is 16.0. The van der Waals surface area contributed by atoms with E-state index in [1.54, 1.807) is 0 Å². The molecule has 1 N–H and O–H groups in total. The van der Waals surface area contributed by atoms with Crippen molar-refractivity contribution in [2.75, 3.05) is 12.4 Å². The number of nitrogens with one attached hydrogen (secondary N) is 1. The van der Waals surface area contributed by atoms with E-state index >= 15 is 0 Å². The molecule has 1 aromatic rings. The number of hydrogen-bond acceptors (Lipinski definition) is 3. The van der Waals surface area contributed by atoms with Gasteiger partial charge < -0.3 is 5.32 Å². The van der Waals surface area contributed by atoms with Crippen molar-refractivity contribution >= 4 is 24.2 Å². The van der Waals surface area contributed by atoms with Gasteiger partial charge in [0.1, 0.15) is 5.82 Å². The van der Waals surface area contributed by atoms with Crippen molar-refractivity contribution in [2.24, 2.45) is 4.99 Å². The minimum Gasteiger partial charge on any atom is -0.373 e. The molecule has 3 heteroatoms. The summed E-state index contributed by atoms with van der Waals surface area (Å²) in [5.74, 6) is 0.858. The summed E-state index contributed by atoms with van der Waals surface area (Å²) in [5, 5.41) is 5.27. The molecular weight excluding hydrogens is 222 g/mol. The fourth-order valence-electron chi connectivity index (χ4n) is 1.83. The molecule has 1 aromatic heterocycles. The zero-order valence-corrected chi connectivity index (χ0v) is 10.8. The van der Waals surface area contributed by atoms with Crippen LogP contribution in [0.25, 0.3) is 12.2 Å². The number of rotatable bonds is 3. The van der Waals surface area contributed by atoms with Crippen LogP contribution >= 0.6 is 0 Å². The van der Waals surface area contributed by atoms with E-state index in [0.717, 1.165) is 28.2 Å². The van der Waals surface area contributed by atoms with Crippen LogP contribution in [0.5, 0.6) is 0 Å². The Labute approximate surface area is 107 Å². The fraction of sp³-hybridized carbons (Fsp3) is 0.200. The Morgan fingerprint density at radius 1 is 1.44 bits per heavy atom. The van der Waals surface area contributed by atoms with Crippen molar-refractivity contribution in [1.82, 2.24) is 4.98 Å². The zero-order chi connectivity index (χ0) is 13.0. The van der Waals surface area contributed by atoms with E-state index in [1.165, 1.54) is 5.57 Å². The van der Waals surface area contributed by atoms with Crippen LogP contribution in [0, 0.1) is 0 Å². The highest BCUT2D eigenvalue weighted by atomic mass is 14.9. The summed E-state index contributed by atoms with van der Waals surface area (Å²) >= 11 is 0. The van der Waals surface area contributed by atoms with Gasteiger partial charge in [0.25, 0.3) is 0 Å². The van der Waals surface area contributed by atoms with Crippen molar-refractivity contribution in [1.29, 1.82) is 0 Å². The summed E-state index contributed by atoms with van der Waals surface area (Å²) in [4.78, 5) is 8.41. The summed E-state index contributed by atoms with van der Waals surface area (Å²) in [6.07, 6.45) is 10.6. The Bertz CT molecular complexity index is 636. The van der Waals surface area contributed by atoms with Gasteiger partial charge in [-0.3, -0.25) is 4.99 Å². The molecule has 0 bridgehead atoms. The molecule has 2 heterocycles. The molecule has 92 valence electrons. The molecular formula is C15H17N3. The first-order valence-corrected chi connectivity index (χ1v) is 5.96. The highest BCUT2D eigenvalue weighted by Crippen LogP contribution is 2.16. The third-order valence-corrected chi connectivity index (χ3v) is 2.92. The van der Waals surface area contributed by atoms with Crippen LogP contribution in [0.3, 0.4) is 0 Å². The van der Waals surface area contributed by atoms with E-state index in [0.29, 0.717) is 0 Å². The van der Waals surface area contributed by atoms with Gasteiger partial charge in [0, 0.05) is 32.1 Å². The van der Waals surface area contributed by atoms with Gasteiger partial charge in [-0.05, 0) is 40.6 Å². The molecule has 0 aromatic carbocycles. The summed E-state index contributed by atoms with van der Waals surface area (Å²) in [6, 6.07) is 2.02. The molecule has 0 radical (unpaired) electrons. The predicted molar refractivity (Wildman–Crippen MR) is 78.0 cm³/mol. The summed E-state index contributed by atoms with van der Waals surface area (Å²) < 4.78 is 0. The Balaban J connectivity index is 2.46. The van der Waals surface area contributed by atoms with Gasteiger partial charge in [-0.2, -0.15) is 0 Å². The van der Waals surface area contributed by atoms with Gasteiger partial charge in [-0.15, -0.1) is 0 Å². The maximum Gasteiger partial charge on any atom is 0.126 e. The second-order valence-corrected chi connectivity index (χ2v) is 4.10. The second kappa shape index (κ2) is 5.45. The number of pyridine rings is 1. The lowest BCUT2D eigenvalue weighted by Gasteiger charge is -2.01. The van der Waals surface area contributed by atoms with Gasteiger partial charge in [0.15, 0.2) is 0 Å². The average molecular weight is 239 g/mol. The minimum atomic E-state index is 0.858. The molecule has 0 fully saturated rings. The van der Waals surface area contributed by atoms with Gasteiger partial charge in [0.05, 0.1) is 0 Å². The number of allylic oxidation sites excluding steroid dienone is 2. The first-order chi connectivity index (χ1) is 8.74. The number of hydrogen-bond donors (Lipinski definition) is 1. The topological polar surface area (TPSA) is 37.3 Å². The number of aliphatic imine (C=N–C) groups is 1. The summed E-state index contributed by atoms with van der Waals surface area (Å²) in [6.45, 7) is 6.11. The monoisotopic (exact) mass is 239 g/mol. The van der Waals surface area contributed by atoms with E-state index < -0.39 is 0 Å². The summed E-state index contributed by atoms with van der Waals surface area (Å²) in [7, 11) is 1.86. The molecule has 3 nitrogen and oxygen atoms in total. The van der Waals surface area contributed by atoms with Crippen LogP contribution in [0.2, 0.25) is 0 Å². The first-order valence-electron chi connectivity index (χ1n) is 5.96. The van der Waals surface area contributed by atoms with E-state index in [1.807, 2.05) is 44.7 Å². The molecule has 2 rings (SSSR count). The lowest BCUT2D eigenvalue weighted by Crippen LogP contribution is -2.25. The van der Waals surface area contributed by atoms with Gasteiger partial charge >= 0.3 is 0 Å². The SMILES string of the molecule is C=C(/C=c1/cc(NC)nc/c1=C/C)C1=CN=CC1. The Morgan fingerprint density at radius 2 is 2.28 bits per heavy atom. The van der Waals surface area contributed by atoms with Gasteiger partial charge in [-0.1, -0.05) is 12.7 Å². The maximum atomic E-state index is 4.30. The Kier molecular flexibility index (Phi) is 3.72. The van der Waals surface area contributed by atoms with Crippen molar-refractivity contribution in [3.63, 3.8) is 0 Å². The van der Waals surface area contributed by atoms with Crippen LogP contribution in [0.4, 0.5) is 5.82 Å². The zero-order valence-electron chi connectivity index (χ0n) is 10.8. The van der Waals surface area contributed by atoms with Crippen molar-refractivity contribution in [3.8, 4) is 0 Å². The van der Waals surface area contributed by atoms with Crippen LogP contribution in [0.1, 0.15) is 13.3 Å². The largest absolute Gasteiger partial charge is 0.373 e. The molecule has 0 aliphatic carbocycles. The van der Waals surface area contributed by atoms with Crippen LogP contribution < -0.4 is 15.8 Å². The molecule has 0 atom stereocenters. The molecule has 1 aliphatic heterocycles. The van der Waals surface area contributed by atoms with Crippen molar-refractivity contribution in [2.45, 2.75) is 13.3 Å². The first kappa shape index (κ1) is 12.3. The molecule has 18 heavy (non-hydrogen) atoms. The fourth-order valence-corrected chi connectivity index (χ4v) is 1.83. The molecule has 0 saturated carbocycles. The molecule has 0 amide bonds. The average Bonchev–Trinajstić information content (AvgIpc) is 2.92. The van der Waals surface area contributed by atoms with Gasteiger partial charge in [0.2, 0.25) is 0 Å². The van der Waals surface area contributed by atoms with Crippen molar-refractivity contribution in [3.05, 3.63) is 46.6 Å². The maximum absolute atomic E-state index is 4.30. The standard InChI is InChI=1S/C15H17N3/c1-4-12-10-18-15(16-3)8-14(12)7-11(2)13-5-6-17-9-13/h4,6-10,16H,2,5H2,1,3H3/b12-4-,14-7-. The van der Waals surface area contributed by atoms with E-state index in [2.05, 4.69) is 27.9 Å². The number of nitrogens with zero attached hydrogens (tertiary/aromatic N) is 2. The molecule has 0 spiro atoms. The van der Waals surface area contributed by atoms with E-state index in [-0.39, 0.29) is 0 Å². The highest BCUT2D eigenvalue weighted by molar-refractivity contribution is 5.72. The van der Waals surface area contributed by atoms with Gasteiger partial charge in [-0.25, -0.2) is 4.98 Å². The lowest BCUT2D eigenvalue weighted by atomic mass is 10.1. The molecule has 0 saturated heterocycles. The predicted octanol–water partition coefficient (Wildman–Crippen LogP) is 1.62. The smallest absolute Gasteiger partial charge is 0.126 e. The van der Waals surface area contributed by atoms with Crippen LogP contribution in [-0.2, 0) is 0 Å². The highest BCUT2D eigenvalue weighted by Gasteiger charge is 2.02. The lowest BCUT2D eigenvalue weighted by molar-refractivity contribution is 1.24.